The van der Waals surface area contributed by atoms with Crippen molar-refractivity contribution in [1.29, 1.82) is 0 Å². The van der Waals surface area contributed by atoms with Gasteiger partial charge in [0.2, 0.25) is 5.25 Å². The van der Waals surface area contributed by atoms with E-state index in [0.717, 1.165) is 11.8 Å². The predicted octanol–water partition coefficient (Wildman–Crippen LogP) is 1.67. The molecule has 0 atom stereocenters. The Bertz CT molecular complexity index is 378. The maximum Gasteiger partial charge on any atom is 0.331 e. The molecule has 1 rings (SSSR count). The Morgan fingerprint density at radius 3 is 2.28 bits per heavy atom. The Morgan fingerprint density at radius 2 is 1.83 bits per heavy atom. The lowest BCUT2D eigenvalue weighted by atomic mass is 10.4. The smallest absolute Gasteiger partial charge is 0.331 e. The maximum atomic E-state index is 11.7. The van der Waals surface area contributed by atoms with E-state index in [-0.39, 0.29) is 13.2 Å². The topological polar surface area (TPSA) is 65.5 Å². The summed E-state index contributed by atoms with van der Waals surface area (Å²) in [6.07, 6.45) is 1.59. The Labute approximate surface area is 110 Å². The molecule has 98 valence electrons. The summed E-state index contributed by atoms with van der Waals surface area (Å²) >= 11 is 1.02. The lowest BCUT2D eigenvalue weighted by Crippen LogP contribution is -2.30. The van der Waals surface area contributed by atoms with E-state index < -0.39 is 17.2 Å². The van der Waals surface area contributed by atoms with E-state index in [9.17, 15) is 9.59 Å². The molecule has 0 aliphatic rings. The molecule has 0 aliphatic carbocycles. The molecule has 1 aromatic heterocycles. The van der Waals surface area contributed by atoms with Crippen LogP contribution in [0.15, 0.2) is 29.4 Å². The molecule has 0 saturated carbocycles. The largest absolute Gasteiger partial charge is 0.465 e. The Balaban J connectivity index is 2.77. The van der Waals surface area contributed by atoms with Crippen molar-refractivity contribution in [1.82, 2.24) is 4.98 Å². The van der Waals surface area contributed by atoms with E-state index in [0.29, 0.717) is 5.03 Å². The summed E-state index contributed by atoms with van der Waals surface area (Å²) < 4.78 is 9.71. The number of carbonyl (C=O) groups excluding carboxylic acids is 2. The second kappa shape index (κ2) is 7.71. The molecule has 0 bridgehead atoms. The Hall–Kier alpha value is -1.56. The fourth-order valence-corrected chi connectivity index (χ4v) is 2.01. The van der Waals surface area contributed by atoms with Crippen LogP contribution in [-0.2, 0) is 19.1 Å². The van der Waals surface area contributed by atoms with Crippen LogP contribution in [0.1, 0.15) is 13.8 Å². The second-order valence-corrected chi connectivity index (χ2v) is 4.30. The summed E-state index contributed by atoms with van der Waals surface area (Å²) in [4.78, 5) is 27.4. The summed E-state index contributed by atoms with van der Waals surface area (Å²) in [6.45, 7) is 3.81. The number of esters is 2. The van der Waals surface area contributed by atoms with Crippen molar-refractivity contribution in [2.45, 2.75) is 24.1 Å². The van der Waals surface area contributed by atoms with Crippen molar-refractivity contribution in [3.63, 3.8) is 0 Å². The first-order chi connectivity index (χ1) is 8.69. The molecule has 0 fully saturated rings. The number of hydrogen-bond acceptors (Lipinski definition) is 6. The summed E-state index contributed by atoms with van der Waals surface area (Å²) in [5.41, 5.74) is 0. The van der Waals surface area contributed by atoms with Gasteiger partial charge in [0.25, 0.3) is 0 Å². The van der Waals surface area contributed by atoms with Crippen molar-refractivity contribution in [2.75, 3.05) is 13.2 Å². The van der Waals surface area contributed by atoms with Crippen LogP contribution in [0.25, 0.3) is 0 Å². The zero-order valence-electron chi connectivity index (χ0n) is 10.3. The fraction of sp³-hybridized carbons (Fsp3) is 0.417. The number of pyridine rings is 1. The van der Waals surface area contributed by atoms with Gasteiger partial charge in [-0.3, -0.25) is 9.59 Å². The van der Waals surface area contributed by atoms with E-state index in [4.69, 9.17) is 9.47 Å². The molecule has 0 saturated heterocycles. The molecule has 0 N–H and O–H groups in total. The molecular weight excluding hydrogens is 254 g/mol. The van der Waals surface area contributed by atoms with Crippen LogP contribution >= 0.6 is 11.8 Å². The minimum atomic E-state index is -1.03. The lowest BCUT2D eigenvalue weighted by molar-refractivity contribution is -0.152. The van der Waals surface area contributed by atoms with Gasteiger partial charge < -0.3 is 9.47 Å². The van der Waals surface area contributed by atoms with Crippen molar-refractivity contribution < 1.29 is 19.1 Å². The SMILES string of the molecule is CCOC(=O)C(Sc1ccccn1)C(=O)OCC. The number of nitrogens with zero attached hydrogens (tertiary/aromatic N) is 1. The molecule has 0 aliphatic heterocycles. The highest BCUT2D eigenvalue weighted by Crippen LogP contribution is 2.23. The lowest BCUT2D eigenvalue weighted by Gasteiger charge is -2.13. The molecule has 6 heteroatoms. The average molecular weight is 269 g/mol. The first kappa shape index (κ1) is 14.5. The van der Waals surface area contributed by atoms with Crippen LogP contribution in [0.4, 0.5) is 0 Å². The zero-order chi connectivity index (χ0) is 13.4. The van der Waals surface area contributed by atoms with Crippen molar-refractivity contribution >= 4 is 23.7 Å². The normalized spacial score (nSPS) is 10.2. The first-order valence-electron chi connectivity index (χ1n) is 5.60. The molecular formula is C12H15NO4S. The summed E-state index contributed by atoms with van der Waals surface area (Å²) in [5.74, 6) is -1.21. The van der Waals surface area contributed by atoms with E-state index >= 15 is 0 Å². The first-order valence-corrected chi connectivity index (χ1v) is 6.48. The van der Waals surface area contributed by atoms with Crippen LogP contribution in [0.3, 0.4) is 0 Å². The van der Waals surface area contributed by atoms with Gasteiger partial charge >= 0.3 is 11.9 Å². The molecule has 1 aromatic rings. The number of ether oxygens (including phenoxy) is 2. The van der Waals surface area contributed by atoms with Gasteiger partial charge in [-0.1, -0.05) is 17.8 Å². The van der Waals surface area contributed by atoms with Crippen LogP contribution in [0.2, 0.25) is 0 Å². The van der Waals surface area contributed by atoms with Crippen LogP contribution in [0.5, 0.6) is 0 Å². The quantitative estimate of drug-likeness (QED) is 0.444. The number of thioether (sulfide) groups is 1. The third-order valence-corrected chi connectivity index (χ3v) is 2.98. The van der Waals surface area contributed by atoms with Crippen molar-refractivity contribution in [2.24, 2.45) is 0 Å². The second-order valence-electron chi connectivity index (χ2n) is 3.17. The van der Waals surface area contributed by atoms with Crippen LogP contribution in [-0.4, -0.2) is 35.4 Å². The minimum absolute atomic E-state index is 0.220. The van der Waals surface area contributed by atoms with Gasteiger partial charge in [0.15, 0.2) is 0 Å². The minimum Gasteiger partial charge on any atom is -0.465 e. The zero-order valence-corrected chi connectivity index (χ0v) is 11.1. The van der Waals surface area contributed by atoms with Crippen molar-refractivity contribution in [3.05, 3.63) is 24.4 Å². The molecule has 0 radical (unpaired) electrons. The van der Waals surface area contributed by atoms with Gasteiger partial charge in [0.1, 0.15) is 0 Å². The third-order valence-electron chi connectivity index (χ3n) is 1.88. The monoisotopic (exact) mass is 269 g/mol. The molecule has 1 heterocycles. The van der Waals surface area contributed by atoms with Crippen LogP contribution in [0, 0.1) is 0 Å². The fourth-order valence-electron chi connectivity index (χ4n) is 1.17. The van der Waals surface area contributed by atoms with E-state index in [2.05, 4.69) is 4.98 Å². The standard InChI is InChI=1S/C12H15NO4S/c1-3-16-11(14)10(12(15)17-4-2)18-9-7-5-6-8-13-9/h5-8,10H,3-4H2,1-2H3. The highest BCUT2D eigenvalue weighted by Gasteiger charge is 2.31. The molecule has 0 spiro atoms. The van der Waals surface area contributed by atoms with Crippen LogP contribution < -0.4 is 0 Å². The summed E-state index contributed by atoms with van der Waals surface area (Å²) in [5, 5.41) is -0.455. The van der Waals surface area contributed by atoms with Gasteiger partial charge in [-0.05, 0) is 26.0 Å². The highest BCUT2D eigenvalue weighted by atomic mass is 32.2. The van der Waals surface area contributed by atoms with Gasteiger partial charge in [-0.2, -0.15) is 0 Å². The van der Waals surface area contributed by atoms with E-state index in [1.807, 2.05) is 0 Å². The van der Waals surface area contributed by atoms with E-state index in [1.54, 1.807) is 38.2 Å². The van der Waals surface area contributed by atoms with Gasteiger partial charge in [0, 0.05) is 6.20 Å². The number of carbonyl (C=O) groups is 2. The average Bonchev–Trinajstić information content (AvgIpc) is 2.37. The van der Waals surface area contributed by atoms with Gasteiger partial charge in [-0.15, -0.1) is 0 Å². The summed E-state index contributed by atoms with van der Waals surface area (Å²) in [6, 6.07) is 5.26. The molecule has 18 heavy (non-hydrogen) atoms. The number of aromatic nitrogens is 1. The molecule has 0 amide bonds. The molecule has 5 nitrogen and oxygen atoms in total. The van der Waals surface area contributed by atoms with Gasteiger partial charge in [0.05, 0.1) is 18.2 Å². The number of rotatable bonds is 6. The third kappa shape index (κ3) is 4.37. The Morgan fingerprint density at radius 1 is 1.22 bits per heavy atom. The summed E-state index contributed by atoms with van der Waals surface area (Å²) in [7, 11) is 0. The predicted molar refractivity (Wildman–Crippen MR) is 67.1 cm³/mol. The maximum absolute atomic E-state index is 11.7. The molecule has 0 unspecified atom stereocenters. The van der Waals surface area contributed by atoms with Crippen molar-refractivity contribution in [3.8, 4) is 0 Å². The van der Waals surface area contributed by atoms with Gasteiger partial charge in [-0.25, -0.2) is 4.98 Å². The Kier molecular flexibility index (Phi) is 6.21. The number of hydrogen-bond donors (Lipinski definition) is 0. The molecule has 0 aromatic carbocycles. The highest BCUT2D eigenvalue weighted by molar-refractivity contribution is 8.01. The van der Waals surface area contributed by atoms with E-state index in [1.165, 1.54) is 0 Å².